The first kappa shape index (κ1) is 14.3. The third-order valence-electron chi connectivity index (χ3n) is 3.94. The smallest absolute Gasteiger partial charge is 0.166 e. The minimum absolute atomic E-state index is 0.231. The molecule has 1 aromatic rings. The lowest BCUT2D eigenvalue weighted by Crippen LogP contribution is -2.21. The molecule has 0 radical (unpaired) electrons. The van der Waals surface area contributed by atoms with E-state index in [2.05, 4.69) is 38.8 Å². The van der Waals surface area contributed by atoms with Crippen molar-refractivity contribution in [2.75, 3.05) is 0 Å². The largest absolute Gasteiger partial charge is 0.294 e. The highest BCUT2D eigenvalue weighted by molar-refractivity contribution is 9.11. The maximum absolute atomic E-state index is 12.5. The Morgan fingerprint density at radius 1 is 1.11 bits per heavy atom. The molecule has 0 saturated heterocycles. The molecule has 0 amide bonds. The number of rotatable bonds is 3. The topological polar surface area (TPSA) is 17.1 Å². The van der Waals surface area contributed by atoms with E-state index in [9.17, 15) is 4.79 Å². The van der Waals surface area contributed by atoms with Crippen LogP contribution in [0.1, 0.15) is 49.4 Å². The zero-order chi connectivity index (χ0) is 13.1. The Labute approximate surface area is 126 Å². The van der Waals surface area contributed by atoms with Crippen molar-refractivity contribution < 1.29 is 4.79 Å². The van der Waals surface area contributed by atoms with Gasteiger partial charge >= 0.3 is 0 Å². The molecule has 3 heteroatoms. The molecule has 2 rings (SSSR count). The fraction of sp³-hybridized carbons (Fsp3) is 0.533. The molecule has 1 saturated carbocycles. The lowest BCUT2D eigenvalue weighted by atomic mass is 9.78. The lowest BCUT2D eigenvalue weighted by Gasteiger charge is -2.26. The maximum Gasteiger partial charge on any atom is 0.166 e. The number of carbonyl (C=O) groups is 1. The van der Waals surface area contributed by atoms with Crippen molar-refractivity contribution in [3.05, 3.63) is 32.7 Å². The fourth-order valence-corrected chi connectivity index (χ4v) is 4.06. The molecule has 1 fully saturated rings. The van der Waals surface area contributed by atoms with E-state index in [0.29, 0.717) is 5.78 Å². The van der Waals surface area contributed by atoms with Crippen molar-refractivity contribution in [1.29, 1.82) is 0 Å². The average Bonchev–Trinajstić information content (AvgIpc) is 2.37. The van der Waals surface area contributed by atoms with Gasteiger partial charge in [0.2, 0.25) is 0 Å². The Hall–Kier alpha value is -0.150. The predicted octanol–water partition coefficient (Wildman–Crippen LogP) is 5.61. The number of carbonyl (C=O) groups excluding carboxylic acids is 1. The number of benzene rings is 1. The Morgan fingerprint density at radius 2 is 1.67 bits per heavy atom. The number of ketones is 1. The standard InChI is InChI=1S/C15H18Br2O/c1-2-10-3-5-11(6-4-10)15(18)12-7-13(16)9-14(17)8-12/h7-11H,2-6H2,1H3. The fourth-order valence-electron chi connectivity index (χ4n) is 2.76. The Balaban J connectivity index is 2.07. The predicted molar refractivity (Wildman–Crippen MR) is 81.9 cm³/mol. The quantitative estimate of drug-likeness (QED) is 0.629. The zero-order valence-electron chi connectivity index (χ0n) is 10.6. The molecule has 0 aromatic heterocycles. The minimum Gasteiger partial charge on any atom is -0.294 e. The first-order valence-corrected chi connectivity index (χ1v) is 8.19. The highest BCUT2D eigenvalue weighted by Crippen LogP contribution is 2.33. The van der Waals surface area contributed by atoms with Crippen LogP contribution in [0.5, 0.6) is 0 Å². The number of hydrogen-bond donors (Lipinski definition) is 0. The van der Waals surface area contributed by atoms with Crippen LogP contribution in [0.4, 0.5) is 0 Å². The second kappa shape index (κ2) is 6.33. The SMILES string of the molecule is CCC1CCC(C(=O)c2cc(Br)cc(Br)c2)CC1. The van der Waals surface area contributed by atoms with Gasteiger partial charge in [-0.25, -0.2) is 0 Å². The molecule has 0 atom stereocenters. The molecule has 1 aliphatic carbocycles. The Bertz CT molecular complexity index is 414. The van der Waals surface area contributed by atoms with Crippen LogP contribution in [0, 0.1) is 11.8 Å². The molecule has 18 heavy (non-hydrogen) atoms. The van der Waals surface area contributed by atoms with E-state index in [1.165, 1.54) is 19.3 Å². The maximum atomic E-state index is 12.5. The summed E-state index contributed by atoms with van der Waals surface area (Å²) in [6, 6.07) is 5.82. The van der Waals surface area contributed by atoms with Gasteiger partial charge in [-0.15, -0.1) is 0 Å². The van der Waals surface area contributed by atoms with Crippen LogP contribution in [0.3, 0.4) is 0 Å². The van der Waals surface area contributed by atoms with E-state index in [1.807, 2.05) is 18.2 Å². The zero-order valence-corrected chi connectivity index (χ0v) is 13.8. The molecule has 98 valence electrons. The Kier molecular flexibility index (Phi) is 5.02. The molecule has 0 bridgehead atoms. The lowest BCUT2D eigenvalue weighted by molar-refractivity contribution is 0.0871. The van der Waals surface area contributed by atoms with Crippen LogP contribution in [-0.2, 0) is 0 Å². The van der Waals surface area contributed by atoms with Gasteiger partial charge in [-0.2, -0.15) is 0 Å². The molecule has 1 nitrogen and oxygen atoms in total. The van der Waals surface area contributed by atoms with Gasteiger partial charge in [-0.05, 0) is 49.8 Å². The molecule has 0 aliphatic heterocycles. The Morgan fingerprint density at radius 3 is 2.17 bits per heavy atom. The van der Waals surface area contributed by atoms with Gasteiger partial charge in [0.25, 0.3) is 0 Å². The molecule has 0 N–H and O–H groups in total. The normalized spacial score (nSPS) is 23.9. The average molecular weight is 374 g/mol. The van der Waals surface area contributed by atoms with E-state index in [4.69, 9.17) is 0 Å². The minimum atomic E-state index is 0.231. The summed E-state index contributed by atoms with van der Waals surface area (Å²) in [5, 5.41) is 0. The van der Waals surface area contributed by atoms with E-state index < -0.39 is 0 Å². The summed E-state index contributed by atoms with van der Waals surface area (Å²) in [6.07, 6.45) is 5.79. The van der Waals surface area contributed by atoms with Crippen molar-refractivity contribution in [3.8, 4) is 0 Å². The van der Waals surface area contributed by atoms with Gasteiger partial charge in [0.15, 0.2) is 5.78 Å². The van der Waals surface area contributed by atoms with Crippen LogP contribution in [0.15, 0.2) is 27.1 Å². The van der Waals surface area contributed by atoms with E-state index in [0.717, 1.165) is 33.3 Å². The molecule has 0 heterocycles. The first-order chi connectivity index (χ1) is 8.60. The van der Waals surface area contributed by atoms with Gasteiger partial charge in [-0.3, -0.25) is 4.79 Å². The van der Waals surface area contributed by atoms with Crippen LogP contribution in [0.2, 0.25) is 0 Å². The van der Waals surface area contributed by atoms with Crippen LogP contribution < -0.4 is 0 Å². The third-order valence-corrected chi connectivity index (χ3v) is 4.86. The molecule has 1 aromatic carbocycles. The first-order valence-electron chi connectivity index (χ1n) is 6.60. The summed E-state index contributed by atoms with van der Waals surface area (Å²) in [5.41, 5.74) is 0.830. The van der Waals surface area contributed by atoms with Crippen molar-refractivity contribution in [3.63, 3.8) is 0 Å². The van der Waals surface area contributed by atoms with Gasteiger partial charge in [0.1, 0.15) is 0 Å². The van der Waals surface area contributed by atoms with Gasteiger partial charge in [-0.1, -0.05) is 45.2 Å². The van der Waals surface area contributed by atoms with Gasteiger partial charge in [0.05, 0.1) is 0 Å². The number of halogens is 2. The molecule has 0 unspecified atom stereocenters. The highest BCUT2D eigenvalue weighted by atomic mass is 79.9. The summed E-state index contributed by atoms with van der Waals surface area (Å²) in [5.74, 6) is 1.38. The molecule has 1 aliphatic rings. The summed E-state index contributed by atoms with van der Waals surface area (Å²) in [6.45, 7) is 2.25. The monoisotopic (exact) mass is 372 g/mol. The van der Waals surface area contributed by atoms with Crippen molar-refractivity contribution in [1.82, 2.24) is 0 Å². The van der Waals surface area contributed by atoms with Crippen LogP contribution >= 0.6 is 31.9 Å². The highest BCUT2D eigenvalue weighted by Gasteiger charge is 2.26. The summed E-state index contributed by atoms with van der Waals surface area (Å²) in [7, 11) is 0. The van der Waals surface area contributed by atoms with E-state index in [-0.39, 0.29) is 5.92 Å². The third kappa shape index (κ3) is 3.45. The van der Waals surface area contributed by atoms with E-state index in [1.54, 1.807) is 0 Å². The number of hydrogen-bond acceptors (Lipinski definition) is 1. The second-order valence-corrected chi connectivity index (χ2v) is 6.98. The summed E-state index contributed by atoms with van der Waals surface area (Å²) in [4.78, 5) is 12.5. The van der Waals surface area contributed by atoms with Crippen molar-refractivity contribution in [2.24, 2.45) is 11.8 Å². The summed E-state index contributed by atoms with van der Waals surface area (Å²) < 4.78 is 1.92. The van der Waals surface area contributed by atoms with Gasteiger partial charge < -0.3 is 0 Å². The molecular formula is C15H18Br2O. The van der Waals surface area contributed by atoms with Gasteiger partial charge in [0, 0.05) is 20.4 Å². The van der Waals surface area contributed by atoms with Crippen LogP contribution in [0.25, 0.3) is 0 Å². The van der Waals surface area contributed by atoms with Crippen molar-refractivity contribution in [2.45, 2.75) is 39.0 Å². The van der Waals surface area contributed by atoms with E-state index >= 15 is 0 Å². The number of Topliss-reactive ketones (excluding diaryl/α,β-unsaturated/α-hetero) is 1. The molecule has 0 spiro atoms. The second-order valence-electron chi connectivity index (χ2n) is 5.15. The molecular weight excluding hydrogens is 356 g/mol. The van der Waals surface area contributed by atoms with Crippen molar-refractivity contribution >= 4 is 37.6 Å². The summed E-state index contributed by atoms with van der Waals surface area (Å²) >= 11 is 6.89. The van der Waals surface area contributed by atoms with Crippen LogP contribution in [-0.4, -0.2) is 5.78 Å².